The van der Waals surface area contributed by atoms with Crippen LogP contribution in [0.4, 0.5) is 0 Å². The number of ether oxygens (including phenoxy) is 1. The Labute approximate surface area is 152 Å². The highest BCUT2D eigenvalue weighted by atomic mass is 35.5. The minimum absolute atomic E-state index is 0. The van der Waals surface area contributed by atoms with E-state index in [2.05, 4.69) is 20.4 Å². The van der Waals surface area contributed by atoms with E-state index in [0.717, 1.165) is 36.4 Å². The second kappa shape index (κ2) is 8.09. The van der Waals surface area contributed by atoms with Gasteiger partial charge in [-0.25, -0.2) is 0 Å². The average Bonchev–Trinajstić information content (AvgIpc) is 3.33. The van der Waals surface area contributed by atoms with Crippen molar-refractivity contribution in [3.05, 3.63) is 60.2 Å². The maximum Gasteiger partial charge on any atom is 0.231 e. The summed E-state index contributed by atoms with van der Waals surface area (Å²) in [5, 5.41) is 7.40. The predicted molar refractivity (Wildman–Crippen MR) is 95.8 cm³/mol. The second-order valence-corrected chi connectivity index (χ2v) is 5.82. The number of benzene rings is 1. The van der Waals surface area contributed by atoms with Gasteiger partial charge in [-0.3, -0.25) is 4.98 Å². The summed E-state index contributed by atoms with van der Waals surface area (Å²) in [6.45, 7) is 2.41. The summed E-state index contributed by atoms with van der Waals surface area (Å²) < 4.78 is 11.2. The van der Waals surface area contributed by atoms with Crippen LogP contribution in [0, 0.1) is 0 Å². The van der Waals surface area contributed by atoms with Gasteiger partial charge < -0.3 is 14.6 Å². The third-order valence-corrected chi connectivity index (χ3v) is 4.09. The van der Waals surface area contributed by atoms with Crippen molar-refractivity contribution in [2.75, 3.05) is 13.1 Å². The lowest BCUT2D eigenvalue weighted by atomic mass is 10.1. The Hall–Kier alpha value is -2.44. The van der Waals surface area contributed by atoms with E-state index >= 15 is 0 Å². The van der Waals surface area contributed by atoms with Gasteiger partial charge in [-0.1, -0.05) is 11.2 Å². The van der Waals surface area contributed by atoms with Crippen molar-refractivity contribution in [2.24, 2.45) is 0 Å². The first-order valence-corrected chi connectivity index (χ1v) is 8.05. The van der Waals surface area contributed by atoms with E-state index in [-0.39, 0.29) is 12.4 Å². The Kier molecular flexibility index (Phi) is 5.63. The number of nitrogens with one attached hydrogen (secondary N) is 1. The molecule has 0 bridgehead atoms. The van der Waals surface area contributed by atoms with Gasteiger partial charge in [0.1, 0.15) is 12.4 Å². The monoisotopic (exact) mass is 358 g/mol. The molecule has 130 valence electrons. The van der Waals surface area contributed by atoms with Crippen LogP contribution in [0.5, 0.6) is 5.75 Å². The number of hydrogen-bond acceptors (Lipinski definition) is 6. The molecule has 1 fully saturated rings. The lowest BCUT2D eigenvalue weighted by Crippen LogP contribution is -2.08. The highest BCUT2D eigenvalue weighted by Gasteiger charge is 2.22. The number of pyridine rings is 1. The maximum absolute atomic E-state index is 5.76. The summed E-state index contributed by atoms with van der Waals surface area (Å²) in [6, 6.07) is 11.6. The van der Waals surface area contributed by atoms with Gasteiger partial charge in [0.25, 0.3) is 0 Å². The molecule has 2 aromatic heterocycles. The number of hydrogen-bond donors (Lipinski definition) is 1. The first-order valence-electron chi connectivity index (χ1n) is 8.05. The molecule has 1 aliphatic rings. The van der Waals surface area contributed by atoms with Crippen molar-refractivity contribution in [1.29, 1.82) is 0 Å². The van der Waals surface area contributed by atoms with Gasteiger partial charge in [-0.15, -0.1) is 12.4 Å². The highest BCUT2D eigenvalue weighted by molar-refractivity contribution is 5.85. The zero-order valence-electron chi connectivity index (χ0n) is 13.6. The van der Waals surface area contributed by atoms with Crippen molar-refractivity contribution < 1.29 is 9.26 Å². The Morgan fingerprint density at radius 3 is 2.80 bits per heavy atom. The van der Waals surface area contributed by atoms with Crippen LogP contribution in [-0.4, -0.2) is 28.2 Å². The maximum atomic E-state index is 5.76. The quantitative estimate of drug-likeness (QED) is 0.755. The van der Waals surface area contributed by atoms with E-state index in [4.69, 9.17) is 9.26 Å². The molecule has 7 heteroatoms. The topological polar surface area (TPSA) is 73.1 Å². The van der Waals surface area contributed by atoms with Crippen molar-refractivity contribution in [3.63, 3.8) is 0 Å². The summed E-state index contributed by atoms with van der Waals surface area (Å²) in [4.78, 5) is 8.59. The van der Waals surface area contributed by atoms with E-state index in [9.17, 15) is 0 Å². The highest BCUT2D eigenvalue weighted by Crippen LogP contribution is 2.25. The number of rotatable bonds is 5. The summed E-state index contributed by atoms with van der Waals surface area (Å²) in [5.74, 6) is 2.46. The normalized spacial score (nSPS) is 16.4. The molecule has 1 N–H and O–H groups in total. The molecule has 1 saturated heterocycles. The largest absolute Gasteiger partial charge is 0.489 e. The SMILES string of the molecule is Cl.c1cncc(COc2ccc(-c3noc([C@@H]4CCNC4)n3)cc2)c1. The molecule has 1 aromatic carbocycles. The Morgan fingerprint density at radius 2 is 2.08 bits per heavy atom. The fourth-order valence-electron chi connectivity index (χ4n) is 2.73. The molecular formula is C18H19ClN4O2. The smallest absolute Gasteiger partial charge is 0.231 e. The van der Waals surface area contributed by atoms with Crippen LogP contribution in [0.15, 0.2) is 53.3 Å². The summed E-state index contributed by atoms with van der Waals surface area (Å²) >= 11 is 0. The van der Waals surface area contributed by atoms with Crippen LogP contribution in [0.1, 0.15) is 23.8 Å². The van der Waals surface area contributed by atoms with E-state index in [1.54, 1.807) is 12.4 Å². The van der Waals surface area contributed by atoms with Crippen LogP contribution in [0.25, 0.3) is 11.4 Å². The molecule has 3 heterocycles. The minimum atomic E-state index is 0. The van der Waals surface area contributed by atoms with Crippen molar-refractivity contribution in [3.8, 4) is 17.1 Å². The second-order valence-electron chi connectivity index (χ2n) is 5.82. The van der Waals surface area contributed by atoms with Crippen LogP contribution < -0.4 is 10.1 Å². The van der Waals surface area contributed by atoms with Crippen molar-refractivity contribution >= 4 is 12.4 Å². The van der Waals surface area contributed by atoms with Gasteiger partial charge in [0, 0.05) is 30.1 Å². The molecule has 1 atom stereocenters. The van der Waals surface area contributed by atoms with Gasteiger partial charge in [0.15, 0.2) is 0 Å². The first kappa shape index (κ1) is 17.4. The lowest BCUT2D eigenvalue weighted by molar-refractivity contribution is 0.306. The van der Waals surface area contributed by atoms with E-state index in [1.807, 2.05) is 36.4 Å². The fraction of sp³-hybridized carbons (Fsp3) is 0.278. The van der Waals surface area contributed by atoms with E-state index in [1.165, 1.54) is 0 Å². The molecule has 0 radical (unpaired) electrons. The summed E-state index contributed by atoms with van der Waals surface area (Å²) in [5.41, 5.74) is 1.96. The van der Waals surface area contributed by atoms with Crippen LogP contribution >= 0.6 is 12.4 Å². The molecule has 0 spiro atoms. The molecule has 6 nitrogen and oxygen atoms in total. The Bertz CT molecular complexity index is 786. The third kappa shape index (κ3) is 4.15. The van der Waals surface area contributed by atoms with Gasteiger partial charge in [0.2, 0.25) is 11.7 Å². The van der Waals surface area contributed by atoms with Crippen LogP contribution in [0.2, 0.25) is 0 Å². The van der Waals surface area contributed by atoms with E-state index in [0.29, 0.717) is 24.2 Å². The molecule has 0 aliphatic carbocycles. The predicted octanol–water partition coefficient (Wildman–Crippen LogP) is 3.21. The zero-order chi connectivity index (χ0) is 16.2. The molecule has 0 amide bonds. The fourth-order valence-corrected chi connectivity index (χ4v) is 2.73. The standard InChI is InChI=1S/C18H18N4O2.ClH/c1-2-13(10-19-8-1)12-23-16-5-3-14(4-6-16)17-21-18(24-22-17)15-7-9-20-11-15;/h1-6,8,10,15,20H,7,9,11-12H2;1H/t15-;/m1./s1. The van der Waals surface area contributed by atoms with Crippen molar-refractivity contribution in [2.45, 2.75) is 18.9 Å². The summed E-state index contributed by atoms with van der Waals surface area (Å²) in [6.07, 6.45) is 4.59. The average molecular weight is 359 g/mol. The minimum Gasteiger partial charge on any atom is -0.489 e. The molecule has 25 heavy (non-hydrogen) atoms. The van der Waals surface area contributed by atoms with Crippen molar-refractivity contribution in [1.82, 2.24) is 20.4 Å². The number of nitrogens with zero attached hydrogens (tertiary/aromatic N) is 3. The molecule has 1 aliphatic heterocycles. The van der Waals surface area contributed by atoms with Gasteiger partial charge in [-0.05, 0) is 43.3 Å². The molecule has 0 saturated carbocycles. The number of aromatic nitrogens is 3. The molecule has 4 rings (SSSR count). The molecule has 3 aromatic rings. The van der Waals surface area contributed by atoms with Crippen LogP contribution in [0.3, 0.4) is 0 Å². The molecular weight excluding hydrogens is 340 g/mol. The zero-order valence-corrected chi connectivity index (χ0v) is 14.4. The third-order valence-electron chi connectivity index (χ3n) is 4.09. The lowest BCUT2D eigenvalue weighted by Gasteiger charge is -2.06. The number of halogens is 1. The van der Waals surface area contributed by atoms with E-state index < -0.39 is 0 Å². The Balaban J connectivity index is 0.00000182. The molecule has 0 unspecified atom stereocenters. The van der Waals surface area contributed by atoms with Gasteiger partial charge in [0.05, 0.1) is 5.92 Å². The van der Waals surface area contributed by atoms with Gasteiger partial charge in [-0.2, -0.15) is 4.98 Å². The first-order chi connectivity index (χ1) is 11.9. The summed E-state index contributed by atoms with van der Waals surface area (Å²) in [7, 11) is 0. The van der Waals surface area contributed by atoms with Crippen LogP contribution in [-0.2, 0) is 6.61 Å². The Morgan fingerprint density at radius 1 is 1.20 bits per heavy atom. The van der Waals surface area contributed by atoms with Gasteiger partial charge >= 0.3 is 0 Å².